The number of amides is 1. The minimum absolute atomic E-state index is 0.0723. The van der Waals surface area contributed by atoms with Crippen molar-refractivity contribution in [3.05, 3.63) is 24.3 Å². The van der Waals surface area contributed by atoms with E-state index in [9.17, 15) is 4.79 Å². The fraction of sp³-hybridized carbons (Fsp3) is 0.682. The molecule has 2 atom stereocenters. The minimum atomic E-state index is -0.735. The van der Waals surface area contributed by atoms with Gasteiger partial charge in [0, 0.05) is 25.9 Å². The van der Waals surface area contributed by atoms with Gasteiger partial charge in [-0.3, -0.25) is 4.79 Å². The molecule has 5 heteroatoms. The first-order valence-corrected chi connectivity index (χ1v) is 10.3. The molecule has 1 aliphatic heterocycles. The molecule has 1 heterocycles. The lowest BCUT2D eigenvalue weighted by Crippen LogP contribution is -2.44. The van der Waals surface area contributed by atoms with Crippen LogP contribution in [0.15, 0.2) is 24.3 Å². The monoisotopic (exact) mass is 374 g/mol. The number of piperidine rings is 1. The number of carbonyl (C=O) groups excluding carboxylic acids is 1. The number of nitrogens with zero attached hydrogens (tertiary/aromatic N) is 1. The number of hydrogen-bond donors (Lipinski definition) is 1. The Bertz CT molecular complexity index is 614. The van der Waals surface area contributed by atoms with Gasteiger partial charge in [-0.05, 0) is 81.7 Å². The molecule has 0 aromatic heterocycles. The Hall–Kier alpha value is -1.59. The van der Waals surface area contributed by atoms with Crippen LogP contribution in [0.25, 0.3) is 0 Å². The summed E-state index contributed by atoms with van der Waals surface area (Å²) in [6.45, 7) is 8.48. The predicted octanol–water partition coefficient (Wildman–Crippen LogP) is 3.94. The number of anilines is 1. The van der Waals surface area contributed by atoms with E-state index in [4.69, 9.17) is 9.47 Å². The van der Waals surface area contributed by atoms with Gasteiger partial charge >= 0.3 is 0 Å². The summed E-state index contributed by atoms with van der Waals surface area (Å²) in [7, 11) is 1.61. The third kappa shape index (κ3) is 5.45. The number of methoxy groups -OCH3 is 1. The fourth-order valence-corrected chi connectivity index (χ4v) is 3.94. The van der Waals surface area contributed by atoms with Gasteiger partial charge in [0.1, 0.15) is 11.4 Å². The first-order valence-electron chi connectivity index (χ1n) is 10.3. The van der Waals surface area contributed by atoms with Gasteiger partial charge in [0.15, 0.2) is 0 Å². The van der Waals surface area contributed by atoms with Gasteiger partial charge in [0.2, 0.25) is 0 Å². The summed E-state index contributed by atoms with van der Waals surface area (Å²) in [5.74, 6) is 1.92. The molecule has 0 bridgehead atoms. The Balaban J connectivity index is 1.40. The van der Waals surface area contributed by atoms with Crippen molar-refractivity contribution in [2.24, 2.45) is 11.8 Å². The molecule has 0 spiro atoms. The second-order valence-electron chi connectivity index (χ2n) is 8.31. The summed E-state index contributed by atoms with van der Waals surface area (Å²) < 4.78 is 11.4. The Morgan fingerprint density at radius 3 is 2.63 bits per heavy atom. The first-order chi connectivity index (χ1) is 13.0. The molecule has 1 amide bonds. The molecular formula is C22H34N2O3. The van der Waals surface area contributed by atoms with Gasteiger partial charge in [-0.15, -0.1) is 0 Å². The van der Waals surface area contributed by atoms with E-state index >= 15 is 0 Å². The number of ether oxygens (including phenoxy) is 2. The van der Waals surface area contributed by atoms with Crippen LogP contribution in [0.4, 0.5) is 5.69 Å². The fourth-order valence-electron chi connectivity index (χ4n) is 3.94. The SMILES string of the molecule is COC(C)(C(=O)Nc1ccc(OCCCN2CCCC(C)C2)cc1)C1CC1. The number of hydrogen-bond acceptors (Lipinski definition) is 4. The highest BCUT2D eigenvalue weighted by Crippen LogP contribution is 2.42. The Labute approximate surface area is 163 Å². The van der Waals surface area contributed by atoms with Crippen molar-refractivity contribution in [3.63, 3.8) is 0 Å². The summed E-state index contributed by atoms with van der Waals surface area (Å²) in [5, 5.41) is 2.97. The van der Waals surface area contributed by atoms with Gasteiger partial charge < -0.3 is 19.7 Å². The zero-order valence-electron chi connectivity index (χ0n) is 17.0. The summed E-state index contributed by atoms with van der Waals surface area (Å²) in [6.07, 6.45) is 5.83. The van der Waals surface area contributed by atoms with Crippen LogP contribution >= 0.6 is 0 Å². The van der Waals surface area contributed by atoms with Crippen LogP contribution in [-0.2, 0) is 9.53 Å². The topological polar surface area (TPSA) is 50.8 Å². The smallest absolute Gasteiger partial charge is 0.256 e. The molecule has 0 radical (unpaired) electrons. The highest BCUT2D eigenvalue weighted by molar-refractivity contribution is 5.97. The van der Waals surface area contributed by atoms with Crippen molar-refractivity contribution >= 4 is 11.6 Å². The molecule has 1 aromatic rings. The summed E-state index contributed by atoms with van der Waals surface area (Å²) in [5.41, 5.74) is 0.0415. The van der Waals surface area contributed by atoms with E-state index in [0.29, 0.717) is 5.92 Å². The lowest BCUT2D eigenvalue weighted by Gasteiger charge is -2.30. The lowest BCUT2D eigenvalue weighted by molar-refractivity contribution is -0.138. The van der Waals surface area contributed by atoms with Crippen LogP contribution < -0.4 is 10.1 Å². The molecule has 1 saturated carbocycles. The Morgan fingerprint density at radius 1 is 1.26 bits per heavy atom. The maximum atomic E-state index is 12.5. The van der Waals surface area contributed by atoms with Crippen molar-refractivity contribution in [2.75, 3.05) is 38.7 Å². The zero-order chi connectivity index (χ0) is 19.3. The van der Waals surface area contributed by atoms with Crippen molar-refractivity contribution in [3.8, 4) is 5.75 Å². The molecule has 2 unspecified atom stereocenters. The molecule has 27 heavy (non-hydrogen) atoms. The number of likely N-dealkylation sites (tertiary alicyclic amines) is 1. The summed E-state index contributed by atoms with van der Waals surface area (Å²) in [6, 6.07) is 7.62. The number of carbonyl (C=O) groups is 1. The van der Waals surface area contributed by atoms with Crippen molar-refractivity contribution in [1.29, 1.82) is 0 Å². The van der Waals surface area contributed by atoms with E-state index in [1.54, 1.807) is 7.11 Å². The zero-order valence-corrected chi connectivity index (χ0v) is 17.0. The molecule has 2 fully saturated rings. The second kappa shape index (κ2) is 9.07. The van der Waals surface area contributed by atoms with Crippen LogP contribution in [0.2, 0.25) is 0 Å². The normalized spacial score (nSPS) is 22.9. The van der Waals surface area contributed by atoms with Crippen LogP contribution in [0, 0.1) is 11.8 Å². The van der Waals surface area contributed by atoms with Gasteiger partial charge in [-0.2, -0.15) is 0 Å². The van der Waals surface area contributed by atoms with Gasteiger partial charge in [-0.1, -0.05) is 6.92 Å². The number of nitrogens with one attached hydrogen (secondary N) is 1. The Kier molecular flexibility index (Phi) is 6.77. The lowest BCUT2D eigenvalue weighted by atomic mass is 9.99. The third-order valence-electron chi connectivity index (χ3n) is 5.97. The maximum absolute atomic E-state index is 12.5. The van der Waals surface area contributed by atoms with Gasteiger partial charge in [-0.25, -0.2) is 0 Å². The summed E-state index contributed by atoms with van der Waals surface area (Å²) >= 11 is 0. The van der Waals surface area contributed by atoms with E-state index in [2.05, 4.69) is 17.1 Å². The quantitative estimate of drug-likeness (QED) is 0.665. The largest absolute Gasteiger partial charge is 0.494 e. The van der Waals surface area contributed by atoms with Crippen LogP contribution in [0.1, 0.15) is 46.0 Å². The van der Waals surface area contributed by atoms with E-state index in [1.165, 1.54) is 25.9 Å². The Morgan fingerprint density at radius 2 is 2.00 bits per heavy atom. The number of rotatable bonds is 9. The van der Waals surface area contributed by atoms with E-state index in [1.807, 2.05) is 31.2 Å². The second-order valence-corrected chi connectivity index (χ2v) is 8.31. The van der Waals surface area contributed by atoms with E-state index < -0.39 is 5.60 Å². The molecule has 1 saturated heterocycles. The molecule has 5 nitrogen and oxygen atoms in total. The van der Waals surface area contributed by atoms with E-state index in [-0.39, 0.29) is 5.91 Å². The van der Waals surface area contributed by atoms with Crippen LogP contribution in [0.3, 0.4) is 0 Å². The van der Waals surface area contributed by atoms with Crippen LogP contribution in [-0.4, -0.2) is 49.8 Å². The average molecular weight is 375 g/mol. The van der Waals surface area contributed by atoms with Gasteiger partial charge in [0.25, 0.3) is 5.91 Å². The third-order valence-corrected chi connectivity index (χ3v) is 5.97. The molecule has 1 aromatic carbocycles. The highest BCUT2D eigenvalue weighted by atomic mass is 16.5. The molecule has 1 aliphatic carbocycles. The van der Waals surface area contributed by atoms with Crippen molar-refractivity contribution < 1.29 is 14.3 Å². The number of benzene rings is 1. The molecule has 3 rings (SSSR count). The average Bonchev–Trinajstić information content (AvgIpc) is 3.51. The molecule has 150 valence electrons. The van der Waals surface area contributed by atoms with E-state index in [0.717, 1.165) is 49.8 Å². The summed E-state index contributed by atoms with van der Waals surface area (Å²) in [4.78, 5) is 15.1. The molecular weight excluding hydrogens is 340 g/mol. The minimum Gasteiger partial charge on any atom is -0.494 e. The van der Waals surface area contributed by atoms with Crippen LogP contribution in [0.5, 0.6) is 5.75 Å². The maximum Gasteiger partial charge on any atom is 0.256 e. The van der Waals surface area contributed by atoms with Crippen molar-refractivity contribution in [1.82, 2.24) is 4.90 Å². The predicted molar refractivity (Wildman–Crippen MR) is 108 cm³/mol. The van der Waals surface area contributed by atoms with Crippen molar-refractivity contribution in [2.45, 2.75) is 51.6 Å². The highest BCUT2D eigenvalue weighted by Gasteiger charge is 2.47. The first kappa shape index (κ1) is 20.2. The molecule has 1 N–H and O–H groups in total. The molecule has 2 aliphatic rings. The standard InChI is InChI=1S/C22H34N2O3/c1-17-6-4-13-24(16-17)14-5-15-27-20-11-9-19(10-12-20)23-21(25)22(2,26-3)18-7-8-18/h9-12,17-18H,4-8,13-16H2,1-3H3,(H,23,25). The van der Waals surface area contributed by atoms with Gasteiger partial charge in [0.05, 0.1) is 6.61 Å².